The first-order chi connectivity index (χ1) is 14.9. The van der Waals surface area contributed by atoms with Gasteiger partial charge in [-0.25, -0.2) is 8.42 Å². The summed E-state index contributed by atoms with van der Waals surface area (Å²) in [5.41, 5.74) is 2.90. The highest BCUT2D eigenvalue weighted by molar-refractivity contribution is 9.10. The van der Waals surface area contributed by atoms with Crippen molar-refractivity contribution in [2.45, 2.75) is 40.3 Å². The van der Waals surface area contributed by atoms with Gasteiger partial charge in [0, 0.05) is 17.6 Å². The molecule has 2 amide bonds. The van der Waals surface area contributed by atoms with Crippen LogP contribution in [0, 0.1) is 13.8 Å². The highest BCUT2D eigenvalue weighted by Gasteiger charge is 2.30. The SMILES string of the molecule is CCNC(=O)[C@@H](C)N(Cc1cccc(Br)c1)C(=O)CN(c1cc(C)ccc1C)S(C)(=O)=O. The Morgan fingerprint density at radius 3 is 2.41 bits per heavy atom. The fourth-order valence-corrected chi connectivity index (χ4v) is 4.67. The molecule has 0 radical (unpaired) electrons. The van der Waals surface area contributed by atoms with E-state index in [1.165, 1.54) is 4.90 Å². The number of benzene rings is 2. The Balaban J connectivity index is 2.43. The molecule has 0 aliphatic rings. The molecule has 1 N–H and O–H groups in total. The van der Waals surface area contributed by atoms with Gasteiger partial charge in [0.15, 0.2) is 0 Å². The smallest absolute Gasteiger partial charge is 0.244 e. The minimum atomic E-state index is -3.74. The molecule has 7 nitrogen and oxygen atoms in total. The zero-order valence-electron chi connectivity index (χ0n) is 19.1. The van der Waals surface area contributed by atoms with Crippen LogP contribution in [-0.4, -0.2) is 50.5 Å². The molecule has 0 fully saturated rings. The van der Waals surface area contributed by atoms with Crippen molar-refractivity contribution in [1.29, 1.82) is 0 Å². The summed E-state index contributed by atoms with van der Waals surface area (Å²) in [5, 5.41) is 2.74. The summed E-state index contributed by atoms with van der Waals surface area (Å²) in [6.45, 7) is 7.30. The summed E-state index contributed by atoms with van der Waals surface area (Å²) in [6, 6.07) is 12.1. The van der Waals surface area contributed by atoms with Crippen LogP contribution in [0.2, 0.25) is 0 Å². The number of nitrogens with one attached hydrogen (secondary N) is 1. The number of likely N-dealkylation sites (N-methyl/N-ethyl adjacent to an activating group) is 1. The maximum absolute atomic E-state index is 13.4. The highest BCUT2D eigenvalue weighted by atomic mass is 79.9. The second-order valence-electron chi connectivity index (χ2n) is 7.78. The standard InChI is InChI=1S/C23H30BrN3O4S/c1-6-25-23(29)18(4)26(14-19-8-7-9-20(24)13-19)22(28)15-27(32(5,30)31)21-12-16(2)10-11-17(21)3/h7-13,18H,6,14-15H2,1-5H3,(H,25,29)/t18-/m1/s1. The van der Waals surface area contributed by atoms with Gasteiger partial charge < -0.3 is 10.2 Å². The largest absolute Gasteiger partial charge is 0.355 e. The Kier molecular flexibility index (Phi) is 8.86. The molecule has 174 valence electrons. The number of rotatable bonds is 9. The van der Waals surface area contributed by atoms with Crippen molar-refractivity contribution in [3.63, 3.8) is 0 Å². The molecule has 0 saturated heterocycles. The maximum Gasteiger partial charge on any atom is 0.244 e. The van der Waals surface area contributed by atoms with E-state index in [2.05, 4.69) is 21.2 Å². The lowest BCUT2D eigenvalue weighted by Crippen LogP contribution is -2.51. The van der Waals surface area contributed by atoms with Crippen LogP contribution in [0.4, 0.5) is 5.69 Å². The molecule has 1 atom stereocenters. The monoisotopic (exact) mass is 523 g/mol. The molecule has 2 rings (SSSR count). The fraction of sp³-hybridized carbons (Fsp3) is 0.391. The van der Waals surface area contributed by atoms with E-state index < -0.39 is 28.5 Å². The number of halogens is 1. The van der Waals surface area contributed by atoms with Crippen molar-refractivity contribution in [1.82, 2.24) is 10.2 Å². The second-order valence-corrected chi connectivity index (χ2v) is 10.6. The fourth-order valence-electron chi connectivity index (χ4n) is 3.32. The van der Waals surface area contributed by atoms with Gasteiger partial charge in [0.1, 0.15) is 12.6 Å². The first kappa shape index (κ1) is 25.9. The molecule has 2 aromatic carbocycles. The quantitative estimate of drug-likeness (QED) is 0.545. The number of nitrogens with zero attached hydrogens (tertiary/aromatic N) is 2. The molecule has 9 heteroatoms. The molecule has 0 bridgehead atoms. The van der Waals surface area contributed by atoms with Crippen LogP contribution in [0.3, 0.4) is 0 Å². The van der Waals surface area contributed by atoms with Crippen LogP contribution in [0.25, 0.3) is 0 Å². The number of amides is 2. The number of sulfonamides is 1. The molecular formula is C23H30BrN3O4S. The Labute approximate surface area is 199 Å². The molecule has 32 heavy (non-hydrogen) atoms. The van der Waals surface area contributed by atoms with E-state index in [-0.39, 0.29) is 12.5 Å². The number of hydrogen-bond acceptors (Lipinski definition) is 4. The minimum Gasteiger partial charge on any atom is -0.355 e. The number of hydrogen-bond donors (Lipinski definition) is 1. The van der Waals surface area contributed by atoms with Crippen molar-refractivity contribution < 1.29 is 18.0 Å². The molecule has 0 saturated carbocycles. The van der Waals surface area contributed by atoms with Crippen LogP contribution < -0.4 is 9.62 Å². The van der Waals surface area contributed by atoms with Crippen molar-refractivity contribution in [3.05, 3.63) is 63.6 Å². The first-order valence-corrected chi connectivity index (χ1v) is 12.9. The van der Waals surface area contributed by atoms with Crippen LogP contribution in [0.15, 0.2) is 46.9 Å². The Morgan fingerprint density at radius 2 is 1.81 bits per heavy atom. The van der Waals surface area contributed by atoms with Gasteiger partial charge in [-0.1, -0.05) is 40.2 Å². The maximum atomic E-state index is 13.4. The lowest BCUT2D eigenvalue weighted by Gasteiger charge is -2.32. The van der Waals surface area contributed by atoms with Gasteiger partial charge in [-0.15, -0.1) is 0 Å². The molecule has 0 heterocycles. The minimum absolute atomic E-state index is 0.168. The van der Waals surface area contributed by atoms with E-state index in [0.717, 1.165) is 31.7 Å². The van der Waals surface area contributed by atoms with Crippen LogP contribution in [0.1, 0.15) is 30.5 Å². The predicted molar refractivity (Wildman–Crippen MR) is 131 cm³/mol. The van der Waals surface area contributed by atoms with Gasteiger partial charge in [0.2, 0.25) is 21.8 Å². The summed E-state index contributed by atoms with van der Waals surface area (Å²) in [4.78, 5) is 27.4. The average Bonchev–Trinajstić information content (AvgIpc) is 2.71. The molecule has 0 aliphatic heterocycles. The third-order valence-corrected chi connectivity index (χ3v) is 6.69. The van der Waals surface area contributed by atoms with Gasteiger partial charge in [-0.05, 0) is 62.6 Å². The number of anilines is 1. The predicted octanol–water partition coefficient (Wildman–Crippen LogP) is 3.39. The Hall–Kier alpha value is -2.39. The third-order valence-electron chi connectivity index (χ3n) is 5.07. The first-order valence-electron chi connectivity index (χ1n) is 10.3. The van der Waals surface area contributed by atoms with Gasteiger partial charge in [-0.3, -0.25) is 13.9 Å². The zero-order valence-corrected chi connectivity index (χ0v) is 21.5. The molecular weight excluding hydrogens is 494 g/mol. The van der Waals surface area contributed by atoms with Gasteiger partial charge in [0.05, 0.1) is 11.9 Å². The van der Waals surface area contributed by atoms with Crippen molar-refractivity contribution >= 4 is 43.5 Å². The van der Waals surface area contributed by atoms with Crippen LogP contribution in [0.5, 0.6) is 0 Å². The van der Waals surface area contributed by atoms with Crippen molar-refractivity contribution in [2.75, 3.05) is 23.7 Å². The number of aryl methyl sites for hydroxylation is 2. The van der Waals surface area contributed by atoms with Gasteiger partial charge in [0.25, 0.3) is 0 Å². The van der Waals surface area contributed by atoms with Crippen LogP contribution >= 0.6 is 15.9 Å². The Morgan fingerprint density at radius 1 is 1.12 bits per heavy atom. The lowest BCUT2D eigenvalue weighted by atomic mass is 10.1. The molecule has 2 aromatic rings. The zero-order chi connectivity index (χ0) is 24.1. The molecule has 0 aliphatic carbocycles. The molecule has 0 aromatic heterocycles. The van der Waals surface area contributed by atoms with E-state index in [1.54, 1.807) is 26.8 Å². The molecule has 0 unspecified atom stereocenters. The summed E-state index contributed by atoms with van der Waals surface area (Å²) >= 11 is 3.42. The highest BCUT2D eigenvalue weighted by Crippen LogP contribution is 2.24. The van der Waals surface area contributed by atoms with E-state index in [0.29, 0.717) is 12.2 Å². The summed E-state index contributed by atoms with van der Waals surface area (Å²) in [7, 11) is -3.74. The number of carbonyl (C=O) groups is 2. The second kappa shape index (κ2) is 11.0. The van der Waals surface area contributed by atoms with Gasteiger partial charge >= 0.3 is 0 Å². The third kappa shape index (κ3) is 6.80. The molecule has 0 spiro atoms. The van der Waals surface area contributed by atoms with Crippen molar-refractivity contribution in [3.8, 4) is 0 Å². The summed E-state index contributed by atoms with van der Waals surface area (Å²) < 4.78 is 27.2. The summed E-state index contributed by atoms with van der Waals surface area (Å²) in [6.07, 6.45) is 1.08. The van der Waals surface area contributed by atoms with Crippen molar-refractivity contribution in [2.24, 2.45) is 0 Å². The van der Waals surface area contributed by atoms with Gasteiger partial charge in [-0.2, -0.15) is 0 Å². The topological polar surface area (TPSA) is 86.8 Å². The lowest BCUT2D eigenvalue weighted by molar-refractivity contribution is -0.139. The number of carbonyl (C=O) groups excluding carboxylic acids is 2. The normalized spacial score (nSPS) is 12.2. The van der Waals surface area contributed by atoms with E-state index >= 15 is 0 Å². The van der Waals surface area contributed by atoms with E-state index in [1.807, 2.05) is 43.3 Å². The van der Waals surface area contributed by atoms with E-state index in [9.17, 15) is 18.0 Å². The van der Waals surface area contributed by atoms with Crippen LogP contribution in [-0.2, 0) is 26.2 Å². The summed E-state index contributed by atoms with van der Waals surface area (Å²) in [5.74, 6) is -0.761. The average molecular weight is 524 g/mol. The Bertz CT molecular complexity index is 1090. The van der Waals surface area contributed by atoms with E-state index in [4.69, 9.17) is 0 Å².